The maximum Gasteiger partial charge on any atom is 0.350 e. The number of nitrogen functional groups attached to an aromatic ring is 1. The van der Waals surface area contributed by atoms with Crippen molar-refractivity contribution in [3.05, 3.63) is 10.9 Å². The third-order valence-corrected chi connectivity index (χ3v) is 3.30. The van der Waals surface area contributed by atoms with Crippen LogP contribution in [0.25, 0.3) is 0 Å². The van der Waals surface area contributed by atoms with Gasteiger partial charge in [-0.15, -0.1) is 11.3 Å². The van der Waals surface area contributed by atoms with E-state index in [9.17, 15) is 4.79 Å². The first-order valence-corrected chi connectivity index (χ1v) is 6.22. The van der Waals surface area contributed by atoms with Crippen molar-refractivity contribution in [3.8, 4) is 0 Å². The summed E-state index contributed by atoms with van der Waals surface area (Å²) in [6.45, 7) is 1.89. The predicted molar refractivity (Wildman–Crippen MR) is 71.7 cm³/mol. The van der Waals surface area contributed by atoms with E-state index in [-0.39, 0.29) is 5.97 Å². The highest BCUT2D eigenvalue weighted by atomic mass is 32.1. The minimum Gasteiger partial charge on any atom is -0.465 e. The van der Waals surface area contributed by atoms with Gasteiger partial charge in [-0.2, -0.15) is 0 Å². The predicted octanol–water partition coefficient (Wildman–Crippen LogP) is 1.48. The maximum atomic E-state index is 11.3. The summed E-state index contributed by atoms with van der Waals surface area (Å²) in [6, 6.07) is 1.77. The molecule has 6 heteroatoms. The highest BCUT2D eigenvalue weighted by Crippen LogP contribution is 2.29. The number of ether oxygens (including phenoxy) is 1. The number of hydrogen-bond acceptors (Lipinski definition) is 6. The molecule has 1 aromatic heterocycles. The lowest BCUT2D eigenvalue weighted by atomic mass is 10.4. The fourth-order valence-electron chi connectivity index (χ4n) is 1.35. The topological polar surface area (TPSA) is 67.6 Å². The number of esters is 1. The lowest BCUT2D eigenvalue weighted by Crippen LogP contribution is -2.16. The lowest BCUT2D eigenvalue weighted by Gasteiger charge is -2.09. The quantitative estimate of drug-likeness (QED) is 0.597. The van der Waals surface area contributed by atoms with Crippen molar-refractivity contribution in [1.29, 1.82) is 0 Å². The summed E-state index contributed by atoms with van der Waals surface area (Å²) >= 11 is 1.33. The molecule has 0 fully saturated rings. The van der Waals surface area contributed by atoms with Crippen LogP contribution in [0.1, 0.15) is 16.1 Å². The molecule has 96 valence electrons. The summed E-state index contributed by atoms with van der Waals surface area (Å²) in [4.78, 5) is 13.9. The number of nitrogens with two attached hydrogens (primary N) is 1. The van der Waals surface area contributed by atoms with E-state index in [0.717, 1.165) is 24.5 Å². The zero-order valence-corrected chi connectivity index (χ0v) is 11.3. The molecule has 0 bridgehead atoms. The van der Waals surface area contributed by atoms with Crippen LogP contribution >= 0.6 is 11.3 Å². The number of nitrogens with one attached hydrogen (secondary N) is 1. The Hall–Kier alpha value is -1.27. The number of hydrogen-bond donors (Lipinski definition) is 2. The van der Waals surface area contributed by atoms with E-state index in [1.165, 1.54) is 18.4 Å². The Balaban J connectivity index is 2.47. The zero-order chi connectivity index (χ0) is 12.8. The van der Waals surface area contributed by atoms with Gasteiger partial charge in [0.25, 0.3) is 0 Å². The molecule has 0 aliphatic heterocycles. The second-order valence-corrected chi connectivity index (χ2v) is 5.02. The van der Waals surface area contributed by atoms with Crippen LogP contribution in [-0.4, -0.2) is 45.2 Å². The first-order chi connectivity index (χ1) is 8.04. The molecule has 0 saturated heterocycles. The standard InChI is InChI=1S/C11H19N3O2S/c1-14(2)6-4-5-13-9-7-8(12)10(17-9)11(15)16-3/h7,13H,4-6,12H2,1-3H3. The van der Waals surface area contributed by atoms with Crippen LogP contribution in [0.5, 0.6) is 0 Å². The summed E-state index contributed by atoms with van der Waals surface area (Å²) in [7, 11) is 5.43. The fourth-order valence-corrected chi connectivity index (χ4v) is 2.27. The number of nitrogens with zero attached hydrogens (tertiary/aromatic N) is 1. The zero-order valence-electron chi connectivity index (χ0n) is 10.4. The van der Waals surface area contributed by atoms with Gasteiger partial charge in [0.15, 0.2) is 0 Å². The van der Waals surface area contributed by atoms with E-state index in [4.69, 9.17) is 5.73 Å². The molecular formula is C11H19N3O2S. The average molecular weight is 257 g/mol. The van der Waals surface area contributed by atoms with E-state index in [2.05, 4.69) is 15.0 Å². The summed E-state index contributed by atoms with van der Waals surface area (Å²) in [5, 5.41) is 4.15. The molecule has 0 atom stereocenters. The van der Waals surface area contributed by atoms with E-state index in [1.54, 1.807) is 6.07 Å². The Morgan fingerprint density at radius 1 is 1.59 bits per heavy atom. The first kappa shape index (κ1) is 13.8. The molecule has 0 aromatic carbocycles. The van der Waals surface area contributed by atoms with E-state index < -0.39 is 0 Å². The number of carbonyl (C=O) groups is 1. The van der Waals surface area contributed by atoms with Crippen molar-refractivity contribution in [2.24, 2.45) is 0 Å². The lowest BCUT2D eigenvalue weighted by molar-refractivity contribution is 0.0607. The molecule has 0 saturated carbocycles. The van der Waals surface area contributed by atoms with Crippen molar-refractivity contribution < 1.29 is 9.53 Å². The third-order valence-electron chi connectivity index (χ3n) is 2.21. The van der Waals surface area contributed by atoms with Crippen LogP contribution in [0.15, 0.2) is 6.07 Å². The number of methoxy groups -OCH3 is 1. The molecule has 0 spiro atoms. The third kappa shape index (κ3) is 4.24. The van der Waals surface area contributed by atoms with E-state index in [0.29, 0.717) is 10.6 Å². The summed E-state index contributed by atoms with van der Waals surface area (Å²) < 4.78 is 4.64. The van der Waals surface area contributed by atoms with E-state index in [1.807, 2.05) is 14.1 Å². The van der Waals surface area contributed by atoms with Crippen LogP contribution in [0, 0.1) is 0 Å². The number of carbonyl (C=O) groups excluding carboxylic acids is 1. The van der Waals surface area contributed by atoms with E-state index >= 15 is 0 Å². The fraction of sp³-hybridized carbons (Fsp3) is 0.545. The summed E-state index contributed by atoms with van der Waals surface area (Å²) in [6.07, 6.45) is 1.04. The molecule has 0 aliphatic carbocycles. The largest absolute Gasteiger partial charge is 0.465 e. The molecule has 3 N–H and O–H groups in total. The molecule has 17 heavy (non-hydrogen) atoms. The van der Waals surface area contributed by atoms with Crippen molar-refractivity contribution in [1.82, 2.24) is 4.90 Å². The summed E-state index contributed by atoms with van der Waals surface area (Å²) in [5.41, 5.74) is 6.20. The van der Waals surface area contributed by atoms with Gasteiger partial charge in [-0.25, -0.2) is 4.79 Å². The SMILES string of the molecule is COC(=O)c1sc(NCCCN(C)C)cc1N. The molecular weight excluding hydrogens is 238 g/mol. The Kier molecular flexibility index (Phi) is 5.24. The van der Waals surface area contributed by atoms with Crippen molar-refractivity contribution >= 4 is 28.0 Å². The molecule has 5 nitrogen and oxygen atoms in total. The molecule has 0 amide bonds. The first-order valence-electron chi connectivity index (χ1n) is 5.40. The van der Waals surface area contributed by atoms with Gasteiger partial charge >= 0.3 is 5.97 Å². The van der Waals surface area contributed by atoms with Crippen LogP contribution in [0.4, 0.5) is 10.7 Å². The number of thiophene rings is 1. The van der Waals surface area contributed by atoms with Crippen molar-refractivity contribution in [2.45, 2.75) is 6.42 Å². The monoisotopic (exact) mass is 257 g/mol. The van der Waals surface area contributed by atoms with Crippen molar-refractivity contribution in [2.75, 3.05) is 45.3 Å². The van der Waals surface area contributed by atoms with Gasteiger partial charge in [0.1, 0.15) is 4.88 Å². The van der Waals surface area contributed by atoms with Crippen molar-refractivity contribution in [3.63, 3.8) is 0 Å². The summed E-state index contributed by atoms with van der Waals surface area (Å²) in [5.74, 6) is -0.381. The van der Waals surface area contributed by atoms with Gasteiger partial charge in [0.05, 0.1) is 17.8 Å². The second-order valence-electron chi connectivity index (χ2n) is 3.97. The van der Waals surface area contributed by atoms with Gasteiger partial charge in [-0.3, -0.25) is 0 Å². The minimum atomic E-state index is -0.381. The normalized spacial score (nSPS) is 10.6. The van der Waals surface area contributed by atoms with Gasteiger partial charge in [-0.05, 0) is 33.1 Å². The molecule has 0 radical (unpaired) electrons. The molecule has 1 heterocycles. The van der Waals surface area contributed by atoms with Crippen LogP contribution < -0.4 is 11.1 Å². The van der Waals surface area contributed by atoms with Crippen LogP contribution in [0.3, 0.4) is 0 Å². The molecule has 0 unspecified atom stereocenters. The minimum absolute atomic E-state index is 0.381. The van der Waals surface area contributed by atoms with Gasteiger partial charge in [0.2, 0.25) is 0 Å². The Morgan fingerprint density at radius 3 is 2.88 bits per heavy atom. The Bertz CT molecular complexity index is 377. The van der Waals surface area contributed by atoms with Gasteiger partial charge in [-0.1, -0.05) is 0 Å². The van der Waals surface area contributed by atoms with Crippen LogP contribution in [-0.2, 0) is 4.74 Å². The highest BCUT2D eigenvalue weighted by Gasteiger charge is 2.14. The number of rotatable bonds is 6. The maximum absolute atomic E-state index is 11.3. The van der Waals surface area contributed by atoms with Gasteiger partial charge in [0, 0.05) is 6.54 Å². The number of anilines is 2. The molecule has 1 aromatic rings. The Labute approximate surface area is 106 Å². The van der Waals surface area contributed by atoms with Gasteiger partial charge < -0.3 is 20.7 Å². The molecule has 1 rings (SSSR count). The second kappa shape index (κ2) is 6.46. The van der Waals surface area contributed by atoms with Crippen LogP contribution in [0.2, 0.25) is 0 Å². The highest BCUT2D eigenvalue weighted by molar-refractivity contribution is 7.18. The Morgan fingerprint density at radius 2 is 2.29 bits per heavy atom. The average Bonchev–Trinajstić information content (AvgIpc) is 2.65. The molecule has 0 aliphatic rings. The smallest absolute Gasteiger partial charge is 0.350 e.